The van der Waals surface area contributed by atoms with Crippen LogP contribution in [0, 0.1) is 0 Å². The van der Waals surface area contributed by atoms with E-state index in [1.165, 1.54) is 9.80 Å². The second-order valence-corrected chi connectivity index (χ2v) is 15.0. The Hall–Kier alpha value is -0.523. The van der Waals surface area contributed by atoms with Gasteiger partial charge in [0, 0.05) is 38.7 Å². The molecule has 2 atom stereocenters. The van der Waals surface area contributed by atoms with Crippen molar-refractivity contribution < 1.29 is 4.79 Å². The first-order chi connectivity index (χ1) is 9.45. The average molecular weight is 322 g/mol. The molecule has 2 unspecified atom stereocenters. The van der Waals surface area contributed by atoms with E-state index in [1.807, 2.05) is 35.8 Å². The molecule has 0 saturated carbocycles. The van der Waals surface area contributed by atoms with Crippen LogP contribution in [0.3, 0.4) is 0 Å². The van der Waals surface area contributed by atoms with Crippen LogP contribution in [0.4, 0.5) is 0 Å². The number of aromatic nitrogens is 1. The molecule has 0 amide bonds. The second-order valence-electron chi connectivity index (χ2n) is 6.46. The van der Waals surface area contributed by atoms with Gasteiger partial charge in [-0.1, -0.05) is 25.7 Å². The van der Waals surface area contributed by atoms with Gasteiger partial charge in [-0.15, -0.1) is 23.5 Å². The van der Waals surface area contributed by atoms with Crippen LogP contribution in [0.25, 0.3) is 0 Å². The van der Waals surface area contributed by atoms with E-state index in [2.05, 4.69) is 30.7 Å². The van der Waals surface area contributed by atoms with Crippen LogP contribution in [0.1, 0.15) is 23.7 Å². The summed E-state index contributed by atoms with van der Waals surface area (Å²) in [6.07, 6.45) is 5.32. The molecule has 0 aliphatic carbocycles. The normalized spacial score (nSPS) is 26.9. The predicted molar refractivity (Wildman–Crippen MR) is 90.6 cm³/mol. The molecule has 0 fully saturated rings. The Morgan fingerprint density at radius 2 is 2.05 bits per heavy atom. The number of Topliss-reactive ketones (excluding diaryl/α,β-unsaturated/α-hetero) is 1. The van der Waals surface area contributed by atoms with Crippen LogP contribution in [-0.2, 0) is 4.79 Å². The highest BCUT2D eigenvalue weighted by Gasteiger charge is 2.41. The molecule has 0 spiro atoms. The van der Waals surface area contributed by atoms with Gasteiger partial charge >= 0.3 is 0 Å². The molecular formula is C15H19NOS2Si. The minimum absolute atomic E-state index is 0.253. The molecule has 1 aromatic heterocycles. The largest absolute Gasteiger partial charge is 0.294 e. The summed E-state index contributed by atoms with van der Waals surface area (Å²) >= 11 is 3.85. The van der Waals surface area contributed by atoms with E-state index in [4.69, 9.17) is 0 Å². The van der Waals surface area contributed by atoms with Crippen molar-refractivity contribution in [1.29, 1.82) is 0 Å². The molecule has 3 heterocycles. The zero-order chi connectivity index (χ0) is 14.3. The minimum Gasteiger partial charge on any atom is -0.294 e. The van der Waals surface area contributed by atoms with E-state index in [0.717, 1.165) is 12.0 Å². The monoisotopic (exact) mass is 321 g/mol. The molecule has 0 saturated heterocycles. The van der Waals surface area contributed by atoms with Crippen molar-refractivity contribution in [2.45, 2.75) is 42.6 Å². The van der Waals surface area contributed by atoms with Crippen molar-refractivity contribution in [3.63, 3.8) is 0 Å². The first-order valence-corrected chi connectivity index (χ1v) is 12.3. The topological polar surface area (TPSA) is 30.0 Å². The molecule has 1 aromatic rings. The fourth-order valence-electron chi connectivity index (χ4n) is 2.54. The summed E-state index contributed by atoms with van der Waals surface area (Å²) < 4.78 is 1.29. The summed E-state index contributed by atoms with van der Waals surface area (Å²) in [5.74, 6) is 0.362. The third kappa shape index (κ3) is 2.76. The molecule has 3 rings (SSSR count). The maximum absolute atomic E-state index is 12.4. The summed E-state index contributed by atoms with van der Waals surface area (Å²) in [6.45, 7) is 7.20. The first-order valence-electron chi connectivity index (χ1n) is 6.95. The molecule has 20 heavy (non-hydrogen) atoms. The number of thioether (sulfide) groups is 2. The Bertz CT molecular complexity index is 565. The average Bonchev–Trinajstić information content (AvgIpc) is 2.84. The number of hydrogen-bond donors (Lipinski definition) is 0. The van der Waals surface area contributed by atoms with Crippen molar-refractivity contribution in [3.8, 4) is 0 Å². The van der Waals surface area contributed by atoms with E-state index in [-0.39, 0.29) is 5.25 Å². The molecule has 2 nitrogen and oxygen atoms in total. The van der Waals surface area contributed by atoms with Gasteiger partial charge in [0.1, 0.15) is 0 Å². The molecule has 0 radical (unpaired) electrons. The Kier molecular flexibility index (Phi) is 3.86. The number of carbonyl (C=O) groups is 1. The third-order valence-electron chi connectivity index (χ3n) is 3.86. The first kappa shape index (κ1) is 14.4. The summed E-state index contributed by atoms with van der Waals surface area (Å²) in [6, 6.07) is 4.04. The quantitative estimate of drug-likeness (QED) is 0.754. The Morgan fingerprint density at radius 1 is 1.25 bits per heavy atom. The van der Waals surface area contributed by atoms with Crippen LogP contribution in [-0.4, -0.2) is 23.7 Å². The molecule has 5 heteroatoms. The highest BCUT2D eigenvalue weighted by molar-refractivity contribution is 8.23. The molecule has 0 aromatic carbocycles. The van der Waals surface area contributed by atoms with Crippen molar-refractivity contribution in [2.75, 3.05) is 0 Å². The Labute approximate surface area is 129 Å². The highest BCUT2D eigenvalue weighted by Crippen LogP contribution is 2.55. The zero-order valence-electron chi connectivity index (χ0n) is 12.1. The maximum atomic E-state index is 12.4. The minimum atomic E-state index is -1.20. The third-order valence-corrected chi connectivity index (χ3v) is 11.1. The van der Waals surface area contributed by atoms with Gasteiger partial charge in [0.05, 0.1) is 8.07 Å². The van der Waals surface area contributed by atoms with Gasteiger partial charge < -0.3 is 0 Å². The fourth-order valence-corrected chi connectivity index (χ4v) is 8.25. The number of rotatable bonds is 2. The lowest BCUT2D eigenvalue weighted by molar-refractivity contribution is -0.115. The number of allylic oxidation sites excluding steroid dienone is 1. The fraction of sp³-hybridized carbons (Fsp3) is 0.467. The number of pyridine rings is 1. The summed E-state index contributed by atoms with van der Waals surface area (Å²) in [5, 5.41) is 0.253. The van der Waals surface area contributed by atoms with Crippen LogP contribution in [0.15, 0.2) is 34.3 Å². The van der Waals surface area contributed by atoms with E-state index >= 15 is 0 Å². The van der Waals surface area contributed by atoms with Gasteiger partial charge in [-0.3, -0.25) is 9.78 Å². The lowest BCUT2D eigenvalue weighted by Crippen LogP contribution is -2.34. The van der Waals surface area contributed by atoms with Crippen molar-refractivity contribution in [1.82, 2.24) is 4.98 Å². The van der Waals surface area contributed by atoms with Gasteiger partial charge in [-0.05, 0) is 18.1 Å². The second kappa shape index (κ2) is 5.35. The number of carbonyl (C=O) groups excluding carboxylic acids is 1. The lowest BCUT2D eigenvalue weighted by Gasteiger charge is -2.24. The molecule has 0 N–H and O–H groups in total. The number of ketones is 1. The lowest BCUT2D eigenvalue weighted by atomic mass is 10.0. The predicted octanol–water partition coefficient (Wildman–Crippen LogP) is 4.42. The standard InChI is InChI=1S/C15H19NOS2Si/c1-20(2,3)14-7-11-12(17)8-13(18-15(11)19-14)10-5-4-6-16-9-10/h4-6,9,13-14H,7-8H2,1-3H3. The van der Waals surface area contributed by atoms with E-state index in [0.29, 0.717) is 17.1 Å². The van der Waals surface area contributed by atoms with Crippen LogP contribution < -0.4 is 0 Å². The Balaban J connectivity index is 1.81. The Morgan fingerprint density at radius 3 is 2.70 bits per heavy atom. The van der Waals surface area contributed by atoms with Crippen molar-refractivity contribution in [2.24, 2.45) is 0 Å². The van der Waals surface area contributed by atoms with Crippen LogP contribution in [0.5, 0.6) is 0 Å². The number of hydrogen-bond acceptors (Lipinski definition) is 4. The molecular weight excluding hydrogens is 302 g/mol. The smallest absolute Gasteiger partial charge is 0.161 e. The summed E-state index contributed by atoms with van der Waals surface area (Å²) in [4.78, 5) is 17.3. The number of nitrogens with zero attached hydrogens (tertiary/aromatic N) is 1. The molecule has 0 bridgehead atoms. The molecule has 106 valence electrons. The van der Waals surface area contributed by atoms with E-state index in [9.17, 15) is 4.79 Å². The zero-order valence-corrected chi connectivity index (χ0v) is 14.7. The van der Waals surface area contributed by atoms with Crippen molar-refractivity contribution in [3.05, 3.63) is 39.9 Å². The van der Waals surface area contributed by atoms with Gasteiger partial charge in [-0.2, -0.15) is 0 Å². The highest BCUT2D eigenvalue weighted by atomic mass is 32.2. The van der Waals surface area contributed by atoms with Crippen LogP contribution >= 0.6 is 23.5 Å². The summed E-state index contributed by atoms with van der Waals surface area (Å²) in [7, 11) is -1.20. The van der Waals surface area contributed by atoms with Gasteiger partial charge in [0.15, 0.2) is 5.78 Å². The van der Waals surface area contributed by atoms with E-state index < -0.39 is 8.07 Å². The molecule has 2 aliphatic heterocycles. The SMILES string of the molecule is C[Si](C)(C)C1CC2=C(SC(c3cccnc3)CC2=O)S1. The maximum Gasteiger partial charge on any atom is 0.161 e. The summed E-state index contributed by atoms with van der Waals surface area (Å²) in [5.41, 5.74) is 2.29. The van der Waals surface area contributed by atoms with Gasteiger partial charge in [0.2, 0.25) is 0 Å². The molecule has 2 aliphatic rings. The van der Waals surface area contributed by atoms with Crippen molar-refractivity contribution >= 4 is 37.4 Å². The van der Waals surface area contributed by atoms with Gasteiger partial charge in [0.25, 0.3) is 0 Å². The van der Waals surface area contributed by atoms with E-state index in [1.54, 1.807) is 6.20 Å². The van der Waals surface area contributed by atoms with Gasteiger partial charge in [-0.25, -0.2) is 0 Å². The van der Waals surface area contributed by atoms with Crippen LogP contribution in [0.2, 0.25) is 19.6 Å².